The van der Waals surface area contributed by atoms with Crippen LogP contribution in [0.5, 0.6) is 23.0 Å². The fraction of sp³-hybridized carbons (Fsp3) is 0.0800. The monoisotopic (exact) mass is 901 g/mol. The molecule has 0 bridgehead atoms. The van der Waals surface area contributed by atoms with Gasteiger partial charge < -0.3 is 19.4 Å². The number of pyridine rings is 2. The SMILES string of the molecule is Cc1cc(-c2[c-]ccc3c2Oc2cccc4c2B3c2ccccc2O4)ncc1-c1ccccc1.Cc1cnc(-c2[c-]cc(C)c(-c3ccccc3)c2)cc1C.[Ir]. The van der Waals surface area contributed by atoms with Crippen molar-refractivity contribution in [2.45, 2.75) is 27.7 Å². The number of para-hydroxylation sites is 1. The number of fused-ring (bicyclic) bond motifs is 4. The third-order valence-electron chi connectivity index (χ3n) is 10.6. The van der Waals surface area contributed by atoms with Crippen LogP contribution in [-0.4, -0.2) is 16.7 Å². The summed E-state index contributed by atoms with van der Waals surface area (Å²) in [7, 11) is 0. The Morgan fingerprint density at radius 1 is 0.518 bits per heavy atom. The third-order valence-corrected chi connectivity index (χ3v) is 10.6. The second-order valence-corrected chi connectivity index (χ2v) is 14.2. The Labute approximate surface area is 342 Å². The molecule has 0 atom stereocenters. The van der Waals surface area contributed by atoms with Crippen LogP contribution >= 0.6 is 0 Å². The number of hydrogen-bond acceptors (Lipinski definition) is 4. The van der Waals surface area contributed by atoms with E-state index < -0.39 is 0 Å². The summed E-state index contributed by atoms with van der Waals surface area (Å²) in [6, 6.07) is 54.4. The predicted octanol–water partition coefficient (Wildman–Crippen LogP) is 10.4. The fourth-order valence-corrected chi connectivity index (χ4v) is 7.56. The van der Waals surface area contributed by atoms with Crippen molar-refractivity contribution in [2.24, 2.45) is 0 Å². The molecule has 0 amide bonds. The zero-order valence-electron chi connectivity index (χ0n) is 31.6. The fourth-order valence-electron chi connectivity index (χ4n) is 7.56. The average Bonchev–Trinajstić information content (AvgIpc) is 3.22. The van der Waals surface area contributed by atoms with E-state index in [0.29, 0.717) is 0 Å². The maximum absolute atomic E-state index is 6.53. The van der Waals surface area contributed by atoms with Crippen molar-refractivity contribution in [3.63, 3.8) is 0 Å². The molecule has 0 N–H and O–H groups in total. The number of benzene rings is 6. The quantitative estimate of drug-likeness (QED) is 0.130. The van der Waals surface area contributed by atoms with Gasteiger partial charge in [0.25, 0.3) is 0 Å². The first-order valence-electron chi connectivity index (χ1n) is 18.6. The zero-order chi connectivity index (χ0) is 37.5. The first-order valence-corrected chi connectivity index (χ1v) is 18.6. The van der Waals surface area contributed by atoms with Gasteiger partial charge in [0.1, 0.15) is 17.2 Å². The van der Waals surface area contributed by atoms with E-state index in [2.05, 4.69) is 136 Å². The Balaban J connectivity index is 0.000000173. The van der Waals surface area contributed by atoms with Gasteiger partial charge in [-0.25, -0.2) is 0 Å². The van der Waals surface area contributed by atoms with Crippen molar-refractivity contribution in [2.75, 3.05) is 0 Å². The van der Waals surface area contributed by atoms with E-state index in [1.165, 1.54) is 27.8 Å². The minimum absolute atomic E-state index is 0. The largest absolute Gasteiger partial charge is 0.503 e. The van der Waals surface area contributed by atoms with Crippen molar-refractivity contribution in [1.29, 1.82) is 0 Å². The molecule has 6 heteroatoms. The topological polar surface area (TPSA) is 44.2 Å². The van der Waals surface area contributed by atoms with Gasteiger partial charge in [0.15, 0.2) is 0 Å². The molecule has 4 nitrogen and oxygen atoms in total. The molecule has 4 heterocycles. The molecule has 56 heavy (non-hydrogen) atoms. The number of nitrogens with zero attached hydrogens (tertiary/aromatic N) is 2. The van der Waals surface area contributed by atoms with Crippen molar-refractivity contribution in [1.82, 2.24) is 9.97 Å². The van der Waals surface area contributed by atoms with Crippen LogP contribution in [0.25, 0.3) is 44.8 Å². The van der Waals surface area contributed by atoms with Gasteiger partial charge in [0, 0.05) is 49.3 Å². The molecule has 2 aromatic heterocycles. The van der Waals surface area contributed by atoms with Gasteiger partial charge in [-0.15, -0.1) is 53.0 Å². The molecular formula is C50H37BIrN2O2-2. The van der Waals surface area contributed by atoms with Crippen LogP contribution in [0.3, 0.4) is 0 Å². The van der Waals surface area contributed by atoms with Crippen LogP contribution in [0.2, 0.25) is 0 Å². The summed E-state index contributed by atoms with van der Waals surface area (Å²) in [6.45, 7) is 8.49. The number of ether oxygens (including phenoxy) is 2. The normalized spacial score (nSPS) is 11.7. The van der Waals surface area contributed by atoms with Crippen LogP contribution in [0.4, 0.5) is 0 Å². The van der Waals surface area contributed by atoms with Gasteiger partial charge in [-0.3, -0.25) is 0 Å². The molecule has 0 aliphatic carbocycles. The minimum atomic E-state index is 0. The summed E-state index contributed by atoms with van der Waals surface area (Å²) >= 11 is 0. The van der Waals surface area contributed by atoms with Crippen molar-refractivity contribution in [3.05, 3.63) is 186 Å². The maximum atomic E-state index is 6.53. The van der Waals surface area contributed by atoms with E-state index in [1.807, 2.05) is 60.9 Å². The summed E-state index contributed by atoms with van der Waals surface area (Å²) in [5, 5.41) is 0. The molecule has 273 valence electrons. The van der Waals surface area contributed by atoms with Gasteiger partial charge in [-0.05, 0) is 78.1 Å². The van der Waals surface area contributed by atoms with Crippen LogP contribution in [0.15, 0.2) is 152 Å². The molecule has 0 fully saturated rings. The second kappa shape index (κ2) is 15.6. The molecule has 8 aromatic rings. The summed E-state index contributed by atoms with van der Waals surface area (Å²) < 4.78 is 12.8. The van der Waals surface area contributed by atoms with Crippen molar-refractivity contribution >= 4 is 23.1 Å². The molecule has 0 saturated carbocycles. The molecule has 0 saturated heterocycles. The number of aromatic nitrogens is 2. The molecular weight excluding hydrogens is 864 g/mol. The molecule has 2 aliphatic rings. The Hall–Kier alpha value is -6.07. The molecule has 0 unspecified atom stereocenters. The van der Waals surface area contributed by atoms with Crippen LogP contribution < -0.4 is 25.9 Å². The molecule has 1 radical (unpaired) electrons. The number of aryl methyl sites for hydroxylation is 4. The second-order valence-electron chi connectivity index (χ2n) is 14.2. The van der Waals surface area contributed by atoms with Crippen LogP contribution in [0, 0.1) is 39.8 Å². The standard InChI is InChI=1S/C30H19BNO2.C20H18N.Ir/c1-19-17-25(32-18-22(19)20-9-3-2-4-10-20)21-11-7-13-24-30(21)34-28-16-8-15-27-29(28)31(24)23-12-5-6-14-26(23)33-27;1-14-9-10-18(20-11-15(2)16(3)13-21-20)12-19(14)17-7-5-4-6-8-17;/h2-10,12-18H,1H3;4-9,11-13H,1-3H3;/q2*-1;. The van der Waals surface area contributed by atoms with E-state index in [1.54, 1.807) is 0 Å². The Morgan fingerprint density at radius 3 is 1.89 bits per heavy atom. The Morgan fingerprint density at radius 2 is 1.16 bits per heavy atom. The van der Waals surface area contributed by atoms with Crippen molar-refractivity contribution < 1.29 is 29.6 Å². The Kier molecular flexibility index (Phi) is 10.3. The maximum Gasteiger partial charge on any atom is 0.241 e. The first kappa shape index (κ1) is 36.9. The van der Waals surface area contributed by atoms with Gasteiger partial charge >= 0.3 is 0 Å². The van der Waals surface area contributed by atoms with E-state index in [0.717, 1.165) is 78.6 Å². The van der Waals surface area contributed by atoms with E-state index >= 15 is 0 Å². The Bertz CT molecular complexity index is 2720. The molecule has 2 aliphatic heterocycles. The average molecular weight is 901 g/mol. The third kappa shape index (κ3) is 6.87. The van der Waals surface area contributed by atoms with E-state index in [4.69, 9.17) is 14.5 Å². The van der Waals surface area contributed by atoms with E-state index in [-0.39, 0.29) is 26.8 Å². The predicted molar refractivity (Wildman–Crippen MR) is 225 cm³/mol. The molecule has 0 spiro atoms. The molecule has 6 aromatic carbocycles. The minimum Gasteiger partial charge on any atom is -0.503 e. The van der Waals surface area contributed by atoms with Gasteiger partial charge in [-0.1, -0.05) is 121 Å². The van der Waals surface area contributed by atoms with Gasteiger partial charge in [0.2, 0.25) is 6.71 Å². The number of rotatable bonds is 4. The summed E-state index contributed by atoms with van der Waals surface area (Å²) in [4.78, 5) is 9.38. The summed E-state index contributed by atoms with van der Waals surface area (Å²) in [5.74, 6) is 3.37. The summed E-state index contributed by atoms with van der Waals surface area (Å²) in [5.41, 5.74) is 16.7. The zero-order valence-corrected chi connectivity index (χ0v) is 34.0. The van der Waals surface area contributed by atoms with E-state index in [9.17, 15) is 0 Å². The van der Waals surface area contributed by atoms with Gasteiger partial charge in [-0.2, -0.15) is 0 Å². The van der Waals surface area contributed by atoms with Crippen LogP contribution in [-0.2, 0) is 20.1 Å². The first-order chi connectivity index (χ1) is 26.9. The smallest absolute Gasteiger partial charge is 0.241 e. The van der Waals surface area contributed by atoms with Crippen molar-refractivity contribution in [3.8, 4) is 67.8 Å². The number of hydrogen-bond donors (Lipinski definition) is 0. The van der Waals surface area contributed by atoms with Gasteiger partial charge in [0.05, 0.1) is 0 Å². The van der Waals surface area contributed by atoms with Crippen LogP contribution in [0.1, 0.15) is 22.3 Å². The molecule has 10 rings (SSSR count). The summed E-state index contributed by atoms with van der Waals surface area (Å²) in [6.07, 6.45) is 3.88.